The summed E-state index contributed by atoms with van der Waals surface area (Å²) < 4.78 is 15.0. The number of hydrogen-bond donors (Lipinski definition) is 1. The van der Waals surface area contributed by atoms with Gasteiger partial charge in [-0.15, -0.1) is 11.3 Å². The molecule has 3 aromatic rings. The molecule has 0 saturated carbocycles. The van der Waals surface area contributed by atoms with Gasteiger partial charge < -0.3 is 5.32 Å². The third-order valence-electron chi connectivity index (χ3n) is 3.53. The Balaban J connectivity index is 1.75. The summed E-state index contributed by atoms with van der Waals surface area (Å²) in [7, 11) is 0. The lowest BCUT2D eigenvalue weighted by Crippen LogP contribution is -2.18. The van der Waals surface area contributed by atoms with Crippen LogP contribution in [0.4, 0.5) is 4.39 Å². The van der Waals surface area contributed by atoms with Crippen LogP contribution in [0.2, 0.25) is 0 Å². The van der Waals surface area contributed by atoms with Gasteiger partial charge in [-0.3, -0.25) is 0 Å². The molecule has 0 amide bonds. The zero-order chi connectivity index (χ0) is 13.9. The average Bonchev–Trinajstić information content (AvgIpc) is 2.88. The van der Waals surface area contributed by atoms with Crippen LogP contribution >= 0.6 is 11.3 Å². The van der Waals surface area contributed by atoms with E-state index in [0.717, 1.165) is 6.54 Å². The molecule has 0 radical (unpaired) electrons. The van der Waals surface area contributed by atoms with Crippen LogP contribution in [0.15, 0.2) is 53.9 Å². The predicted octanol–water partition coefficient (Wildman–Crippen LogP) is 4.89. The summed E-state index contributed by atoms with van der Waals surface area (Å²) in [5.41, 5.74) is 1.99. The van der Waals surface area contributed by atoms with Crippen LogP contribution in [0.25, 0.3) is 10.1 Å². The number of fused-ring (bicyclic) bond motifs is 1. The Kier molecular flexibility index (Phi) is 3.81. The van der Waals surface area contributed by atoms with Crippen molar-refractivity contribution in [2.24, 2.45) is 0 Å². The molecule has 20 heavy (non-hydrogen) atoms. The molecule has 1 aromatic heterocycles. The van der Waals surface area contributed by atoms with Crippen molar-refractivity contribution in [1.82, 2.24) is 5.32 Å². The summed E-state index contributed by atoms with van der Waals surface area (Å²) in [6, 6.07) is 15.3. The van der Waals surface area contributed by atoms with E-state index in [2.05, 4.69) is 35.0 Å². The van der Waals surface area contributed by atoms with Crippen molar-refractivity contribution in [3.05, 3.63) is 70.9 Å². The maximum Gasteiger partial charge on any atom is 0.127 e. The first-order chi connectivity index (χ1) is 9.75. The maximum absolute atomic E-state index is 13.7. The fraction of sp³-hybridized carbons (Fsp3) is 0.176. The van der Waals surface area contributed by atoms with Crippen LogP contribution < -0.4 is 5.32 Å². The molecule has 0 saturated heterocycles. The summed E-state index contributed by atoms with van der Waals surface area (Å²) in [6.07, 6.45) is 0. The minimum atomic E-state index is -0.150. The molecule has 1 nitrogen and oxygen atoms in total. The normalized spacial score (nSPS) is 12.7. The average molecular weight is 285 g/mol. The quantitative estimate of drug-likeness (QED) is 0.719. The van der Waals surface area contributed by atoms with Crippen molar-refractivity contribution in [1.29, 1.82) is 0 Å². The molecule has 1 atom stereocenters. The summed E-state index contributed by atoms with van der Waals surface area (Å²) in [5.74, 6) is -0.150. The van der Waals surface area contributed by atoms with Crippen LogP contribution in [-0.4, -0.2) is 0 Å². The second-order valence-corrected chi connectivity index (χ2v) is 5.79. The summed E-state index contributed by atoms with van der Waals surface area (Å²) in [5, 5.41) is 6.86. The van der Waals surface area contributed by atoms with Crippen LogP contribution in [0.3, 0.4) is 0 Å². The predicted molar refractivity (Wildman–Crippen MR) is 83.5 cm³/mol. The number of benzene rings is 2. The molecule has 3 rings (SSSR count). The zero-order valence-corrected chi connectivity index (χ0v) is 12.1. The van der Waals surface area contributed by atoms with Gasteiger partial charge in [0.2, 0.25) is 0 Å². The van der Waals surface area contributed by atoms with Gasteiger partial charge in [0.1, 0.15) is 5.82 Å². The van der Waals surface area contributed by atoms with Gasteiger partial charge in [-0.2, -0.15) is 0 Å². The van der Waals surface area contributed by atoms with Crippen molar-refractivity contribution in [2.45, 2.75) is 19.5 Å². The van der Waals surface area contributed by atoms with Crippen LogP contribution in [0, 0.1) is 5.82 Å². The summed E-state index contributed by atoms with van der Waals surface area (Å²) in [4.78, 5) is 0. The van der Waals surface area contributed by atoms with Gasteiger partial charge in [-0.25, -0.2) is 4.39 Å². The van der Waals surface area contributed by atoms with Gasteiger partial charge in [-0.1, -0.05) is 36.4 Å². The number of nitrogens with one attached hydrogen (secondary N) is 1. The second-order valence-electron chi connectivity index (χ2n) is 4.88. The lowest BCUT2D eigenvalue weighted by atomic mass is 10.1. The highest BCUT2D eigenvalue weighted by Crippen LogP contribution is 2.26. The minimum Gasteiger partial charge on any atom is -0.306 e. The molecule has 0 spiro atoms. The lowest BCUT2D eigenvalue weighted by molar-refractivity contribution is 0.529. The van der Waals surface area contributed by atoms with Crippen molar-refractivity contribution in [3.8, 4) is 0 Å². The van der Waals surface area contributed by atoms with Crippen LogP contribution in [0.1, 0.15) is 24.1 Å². The Morgan fingerprint density at radius 2 is 1.85 bits per heavy atom. The summed E-state index contributed by atoms with van der Waals surface area (Å²) in [6.45, 7) is 2.74. The minimum absolute atomic E-state index is 0.00476. The van der Waals surface area contributed by atoms with Crippen molar-refractivity contribution in [2.75, 3.05) is 0 Å². The summed E-state index contributed by atoms with van der Waals surface area (Å²) >= 11 is 1.75. The van der Waals surface area contributed by atoms with E-state index in [1.165, 1.54) is 21.7 Å². The van der Waals surface area contributed by atoms with E-state index in [-0.39, 0.29) is 11.9 Å². The highest BCUT2D eigenvalue weighted by Gasteiger charge is 2.10. The largest absolute Gasteiger partial charge is 0.306 e. The van der Waals surface area contributed by atoms with Crippen molar-refractivity contribution < 1.29 is 4.39 Å². The Labute approximate surface area is 122 Å². The molecule has 102 valence electrons. The Hall–Kier alpha value is -1.71. The first kappa shape index (κ1) is 13.3. The highest BCUT2D eigenvalue weighted by atomic mass is 32.1. The fourth-order valence-corrected chi connectivity index (χ4v) is 3.33. The molecule has 0 aliphatic carbocycles. The molecule has 0 fully saturated rings. The molecule has 0 aliphatic heterocycles. The van der Waals surface area contributed by atoms with Gasteiger partial charge in [0, 0.05) is 22.8 Å². The van der Waals surface area contributed by atoms with Crippen molar-refractivity contribution >= 4 is 21.4 Å². The third kappa shape index (κ3) is 2.60. The molecule has 1 unspecified atom stereocenters. The van der Waals surface area contributed by atoms with Crippen LogP contribution in [0.5, 0.6) is 0 Å². The lowest BCUT2D eigenvalue weighted by Gasteiger charge is -2.14. The Morgan fingerprint density at radius 3 is 2.70 bits per heavy atom. The zero-order valence-electron chi connectivity index (χ0n) is 11.3. The second kappa shape index (κ2) is 5.73. The first-order valence-corrected chi connectivity index (χ1v) is 7.56. The maximum atomic E-state index is 13.7. The van der Waals surface area contributed by atoms with Gasteiger partial charge in [0.25, 0.3) is 0 Å². The topological polar surface area (TPSA) is 12.0 Å². The van der Waals surface area contributed by atoms with E-state index >= 15 is 0 Å². The fourth-order valence-electron chi connectivity index (χ4n) is 2.37. The highest BCUT2D eigenvalue weighted by molar-refractivity contribution is 7.17. The Bertz CT molecular complexity index is 720. The van der Waals surface area contributed by atoms with Gasteiger partial charge >= 0.3 is 0 Å². The molecule has 3 heteroatoms. The standard InChI is InChI=1S/C17H16FNS/c1-12(14-6-2-4-8-16(14)18)19-10-13-11-20-17-9-5-3-7-15(13)17/h2-9,11-12,19H,10H2,1H3. The molecule has 0 aliphatic rings. The Morgan fingerprint density at radius 1 is 1.10 bits per heavy atom. The smallest absolute Gasteiger partial charge is 0.127 e. The molecule has 1 heterocycles. The number of thiophene rings is 1. The SMILES string of the molecule is CC(NCc1csc2ccccc12)c1ccccc1F. The molecular formula is C17H16FNS. The monoisotopic (exact) mass is 285 g/mol. The third-order valence-corrected chi connectivity index (χ3v) is 4.54. The van der Waals surface area contributed by atoms with E-state index in [9.17, 15) is 4.39 Å². The van der Waals surface area contributed by atoms with Crippen molar-refractivity contribution in [3.63, 3.8) is 0 Å². The van der Waals surface area contributed by atoms with Gasteiger partial charge in [0.05, 0.1) is 0 Å². The van der Waals surface area contributed by atoms with E-state index in [0.29, 0.717) is 5.56 Å². The van der Waals surface area contributed by atoms with Crippen LogP contribution in [-0.2, 0) is 6.54 Å². The number of rotatable bonds is 4. The first-order valence-electron chi connectivity index (χ1n) is 6.68. The molecule has 2 aromatic carbocycles. The molecular weight excluding hydrogens is 269 g/mol. The molecule has 1 N–H and O–H groups in total. The van der Waals surface area contributed by atoms with E-state index in [4.69, 9.17) is 0 Å². The van der Waals surface area contributed by atoms with E-state index < -0.39 is 0 Å². The number of halogens is 1. The van der Waals surface area contributed by atoms with Gasteiger partial charge in [0.15, 0.2) is 0 Å². The van der Waals surface area contributed by atoms with E-state index in [1.54, 1.807) is 17.4 Å². The van der Waals surface area contributed by atoms with Gasteiger partial charge in [-0.05, 0) is 35.4 Å². The molecule has 0 bridgehead atoms. The van der Waals surface area contributed by atoms with E-state index in [1.807, 2.05) is 19.1 Å². The number of hydrogen-bond acceptors (Lipinski definition) is 2.